The first kappa shape index (κ1) is 13.6. The normalized spacial score (nSPS) is 21.2. The number of nitrogens with two attached hydrogens (primary N) is 1. The number of rotatable bonds is 1. The number of ether oxygens (including phenoxy) is 1. The van der Waals surface area contributed by atoms with Gasteiger partial charge in [-0.2, -0.15) is 0 Å². The molecule has 4 heteroatoms. The second kappa shape index (κ2) is 5.19. The molecule has 2 aromatic carbocycles. The predicted molar refractivity (Wildman–Crippen MR) is 80.2 cm³/mol. The number of benzene rings is 2. The van der Waals surface area contributed by atoms with Gasteiger partial charge in [0, 0.05) is 22.5 Å². The third-order valence-electron chi connectivity index (χ3n) is 3.66. The highest BCUT2D eigenvalue weighted by Gasteiger charge is 2.27. The molecule has 1 unspecified atom stereocenters. The smallest absolute Gasteiger partial charge is 0.126 e. The van der Waals surface area contributed by atoms with Crippen molar-refractivity contribution < 1.29 is 9.13 Å². The molecule has 0 spiro atoms. The van der Waals surface area contributed by atoms with Crippen LogP contribution in [0.1, 0.15) is 35.3 Å². The molecule has 2 nitrogen and oxygen atoms in total. The van der Waals surface area contributed by atoms with Crippen molar-refractivity contribution in [3.8, 4) is 5.75 Å². The van der Waals surface area contributed by atoms with E-state index in [0.717, 1.165) is 21.3 Å². The van der Waals surface area contributed by atoms with E-state index in [-0.39, 0.29) is 18.0 Å². The average Bonchev–Trinajstić information content (AvgIpc) is 2.42. The first-order valence-electron chi connectivity index (χ1n) is 6.52. The van der Waals surface area contributed by atoms with Crippen LogP contribution in [0, 0.1) is 12.7 Å². The first-order valence-corrected chi connectivity index (χ1v) is 7.31. The minimum Gasteiger partial charge on any atom is -0.485 e. The summed E-state index contributed by atoms with van der Waals surface area (Å²) < 4.78 is 20.4. The van der Waals surface area contributed by atoms with Crippen molar-refractivity contribution in [2.75, 3.05) is 0 Å². The van der Waals surface area contributed by atoms with E-state index < -0.39 is 0 Å². The Bertz CT molecular complexity index is 659. The molecule has 1 aliphatic heterocycles. The SMILES string of the molecule is Cc1cc(C2C[C@H](N)c3cc(Br)ccc3O2)ccc1F. The second-order valence-electron chi connectivity index (χ2n) is 5.14. The Labute approximate surface area is 125 Å². The Hall–Kier alpha value is -1.39. The van der Waals surface area contributed by atoms with E-state index in [4.69, 9.17) is 10.5 Å². The van der Waals surface area contributed by atoms with Gasteiger partial charge in [0.05, 0.1) is 0 Å². The highest BCUT2D eigenvalue weighted by atomic mass is 79.9. The van der Waals surface area contributed by atoms with E-state index in [2.05, 4.69) is 15.9 Å². The molecule has 1 heterocycles. The van der Waals surface area contributed by atoms with E-state index >= 15 is 0 Å². The Morgan fingerprint density at radius 1 is 1.25 bits per heavy atom. The number of fused-ring (bicyclic) bond motifs is 1. The summed E-state index contributed by atoms with van der Waals surface area (Å²) in [6.45, 7) is 1.76. The van der Waals surface area contributed by atoms with Crippen LogP contribution in [0.3, 0.4) is 0 Å². The van der Waals surface area contributed by atoms with Gasteiger partial charge in [-0.3, -0.25) is 0 Å². The number of halogens is 2. The van der Waals surface area contributed by atoms with Crippen LogP contribution in [0.5, 0.6) is 5.75 Å². The van der Waals surface area contributed by atoms with Crippen LogP contribution in [0.2, 0.25) is 0 Å². The van der Waals surface area contributed by atoms with E-state index in [9.17, 15) is 4.39 Å². The van der Waals surface area contributed by atoms with Crippen LogP contribution in [0.25, 0.3) is 0 Å². The first-order chi connectivity index (χ1) is 9.54. The summed E-state index contributed by atoms with van der Waals surface area (Å²) in [5.74, 6) is 0.608. The van der Waals surface area contributed by atoms with Gasteiger partial charge in [-0.05, 0) is 48.4 Å². The molecule has 3 rings (SSSR count). The van der Waals surface area contributed by atoms with E-state index in [0.29, 0.717) is 12.0 Å². The van der Waals surface area contributed by atoms with Crippen molar-refractivity contribution in [2.24, 2.45) is 5.73 Å². The fourth-order valence-electron chi connectivity index (χ4n) is 2.55. The molecule has 0 amide bonds. The van der Waals surface area contributed by atoms with Crippen molar-refractivity contribution in [1.29, 1.82) is 0 Å². The summed E-state index contributed by atoms with van der Waals surface area (Å²) in [7, 11) is 0. The largest absolute Gasteiger partial charge is 0.485 e. The Morgan fingerprint density at radius 3 is 2.80 bits per heavy atom. The van der Waals surface area contributed by atoms with Gasteiger partial charge in [-0.1, -0.05) is 22.0 Å². The monoisotopic (exact) mass is 335 g/mol. The Kier molecular flexibility index (Phi) is 3.52. The molecule has 2 aromatic rings. The molecule has 0 saturated heterocycles. The second-order valence-corrected chi connectivity index (χ2v) is 6.06. The predicted octanol–water partition coefficient (Wildman–Crippen LogP) is 4.42. The molecule has 0 saturated carbocycles. The third kappa shape index (κ3) is 2.45. The molecule has 0 aromatic heterocycles. The molecular weight excluding hydrogens is 321 g/mol. The van der Waals surface area contributed by atoms with Crippen molar-refractivity contribution in [1.82, 2.24) is 0 Å². The van der Waals surface area contributed by atoms with Gasteiger partial charge >= 0.3 is 0 Å². The Balaban J connectivity index is 1.94. The van der Waals surface area contributed by atoms with E-state index in [1.54, 1.807) is 13.0 Å². The number of aryl methyl sites for hydroxylation is 1. The average molecular weight is 336 g/mol. The lowest BCUT2D eigenvalue weighted by Gasteiger charge is -2.31. The topological polar surface area (TPSA) is 35.2 Å². The summed E-state index contributed by atoms with van der Waals surface area (Å²) in [6, 6.07) is 10.8. The van der Waals surface area contributed by atoms with E-state index in [1.807, 2.05) is 24.3 Å². The highest BCUT2D eigenvalue weighted by molar-refractivity contribution is 9.10. The van der Waals surface area contributed by atoms with Crippen LogP contribution in [0.15, 0.2) is 40.9 Å². The lowest BCUT2D eigenvalue weighted by Crippen LogP contribution is -2.24. The summed E-state index contributed by atoms with van der Waals surface area (Å²) in [6.07, 6.45) is 0.562. The minimum absolute atomic E-state index is 0.0772. The zero-order valence-corrected chi connectivity index (χ0v) is 12.7. The van der Waals surface area contributed by atoms with Crippen LogP contribution >= 0.6 is 15.9 Å². The summed E-state index contributed by atoms with van der Waals surface area (Å²) in [5.41, 5.74) is 8.84. The molecule has 0 radical (unpaired) electrons. The van der Waals surface area contributed by atoms with Gasteiger partial charge in [0.25, 0.3) is 0 Å². The maximum atomic E-state index is 13.4. The van der Waals surface area contributed by atoms with Crippen molar-refractivity contribution >= 4 is 15.9 Å². The standard InChI is InChI=1S/C16H15BrFNO/c1-9-6-10(2-4-13(9)18)16-8-14(19)12-7-11(17)3-5-15(12)20-16/h2-7,14,16H,8,19H2,1H3/t14-,16?/m0/s1. The quantitative estimate of drug-likeness (QED) is 0.837. The zero-order chi connectivity index (χ0) is 14.3. The van der Waals surface area contributed by atoms with Crippen LogP contribution < -0.4 is 10.5 Å². The molecule has 0 fully saturated rings. The molecule has 2 N–H and O–H groups in total. The van der Waals surface area contributed by atoms with Crippen LogP contribution in [-0.4, -0.2) is 0 Å². The van der Waals surface area contributed by atoms with Crippen molar-refractivity contribution in [2.45, 2.75) is 25.5 Å². The lowest BCUT2D eigenvalue weighted by molar-refractivity contribution is 0.161. The van der Waals surface area contributed by atoms with Gasteiger partial charge in [0.2, 0.25) is 0 Å². The number of hydrogen-bond donors (Lipinski definition) is 1. The summed E-state index contributed by atoms with van der Waals surface area (Å²) in [5, 5.41) is 0. The third-order valence-corrected chi connectivity index (χ3v) is 4.16. The van der Waals surface area contributed by atoms with Gasteiger partial charge < -0.3 is 10.5 Å². The van der Waals surface area contributed by atoms with Crippen molar-refractivity contribution in [3.05, 3.63) is 63.4 Å². The van der Waals surface area contributed by atoms with Gasteiger partial charge in [0.15, 0.2) is 0 Å². The molecule has 104 valence electrons. The fraction of sp³-hybridized carbons (Fsp3) is 0.250. The molecule has 0 bridgehead atoms. The summed E-state index contributed by atoms with van der Waals surface area (Å²) >= 11 is 3.44. The zero-order valence-electron chi connectivity index (χ0n) is 11.1. The van der Waals surface area contributed by atoms with Gasteiger partial charge in [-0.25, -0.2) is 4.39 Å². The molecule has 1 aliphatic rings. The van der Waals surface area contributed by atoms with E-state index in [1.165, 1.54) is 6.07 Å². The van der Waals surface area contributed by atoms with Crippen LogP contribution in [0.4, 0.5) is 4.39 Å². The van der Waals surface area contributed by atoms with Gasteiger partial charge in [0.1, 0.15) is 17.7 Å². The lowest BCUT2D eigenvalue weighted by atomic mass is 9.93. The maximum absolute atomic E-state index is 13.4. The summed E-state index contributed by atoms with van der Waals surface area (Å²) in [4.78, 5) is 0. The molecule has 0 aliphatic carbocycles. The van der Waals surface area contributed by atoms with Crippen LogP contribution in [-0.2, 0) is 0 Å². The fourth-order valence-corrected chi connectivity index (χ4v) is 2.93. The minimum atomic E-state index is -0.196. The molecule has 20 heavy (non-hydrogen) atoms. The highest BCUT2D eigenvalue weighted by Crippen LogP contribution is 2.40. The maximum Gasteiger partial charge on any atom is 0.126 e. The van der Waals surface area contributed by atoms with Crippen molar-refractivity contribution in [3.63, 3.8) is 0 Å². The van der Waals surface area contributed by atoms with Gasteiger partial charge in [-0.15, -0.1) is 0 Å². The molecular formula is C16H15BrFNO. The Morgan fingerprint density at radius 2 is 2.05 bits per heavy atom. The molecule has 2 atom stereocenters. The number of hydrogen-bond acceptors (Lipinski definition) is 2.